The lowest BCUT2D eigenvalue weighted by atomic mass is 10.0. The Balaban J connectivity index is 0.00000242. The summed E-state index contributed by atoms with van der Waals surface area (Å²) < 4.78 is 10.5. The molecule has 1 aromatic carbocycles. The van der Waals surface area contributed by atoms with Crippen LogP contribution in [-0.4, -0.2) is 26.7 Å². The number of nitrogens with one attached hydrogen (secondary N) is 1. The fourth-order valence-electron chi connectivity index (χ4n) is 2.32. The molecule has 0 aromatic heterocycles. The van der Waals surface area contributed by atoms with Crippen molar-refractivity contribution in [3.8, 4) is 11.5 Å². The lowest BCUT2D eigenvalue weighted by molar-refractivity contribution is 0.354. The zero-order valence-corrected chi connectivity index (χ0v) is 15.8. The highest BCUT2D eigenvalue weighted by atomic mass is 127. The number of aliphatic imine (C=N–C) groups is 1. The number of benzene rings is 1. The summed E-state index contributed by atoms with van der Waals surface area (Å²) in [7, 11) is 3.25. The number of guanidine groups is 1. The number of ether oxygens (including phenoxy) is 2. The van der Waals surface area contributed by atoms with E-state index in [1.807, 2.05) is 18.2 Å². The molecule has 0 bridgehead atoms. The van der Waals surface area contributed by atoms with Crippen molar-refractivity contribution in [2.45, 2.75) is 32.7 Å². The van der Waals surface area contributed by atoms with Gasteiger partial charge in [0.1, 0.15) is 0 Å². The van der Waals surface area contributed by atoms with Gasteiger partial charge >= 0.3 is 0 Å². The van der Waals surface area contributed by atoms with Crippen LogP contribution in [0.3, 0.4) is 0 Å². The van der Waals surface area contributed by atoms with Crippen LogP contribution >= 0.6 is 24.0 Å². The van der Waals surface area contributed by atoms with Gasteiger partial charge in [-0.3, -0.25) is 0 Å². The van der Waals surface area contributed by atoms with Crippen molar-refractivity contribution >= 4 is 29.9 Å². The van der Waals surface area contributed by atoms with Crippen molar-refractivity contribution < 1.29 is 9.47 Å². The molecule has 6 heteroatoms. The van der Waals surface area contributed by atoms with Gasteiger partial charge < -0.3 is 20.5 Å². The van der Waals surface area contributed by atoms with Gasteiger partial charge in [-0.15, -0.1) is 24.0 Å². The van der Waals surface area contributed by atoms with Gasteiger partial charge in [0, 0.05) is 6.54 Å². The lowest BCUT2D eigenvalue weighted by Gasteiger charge is -2.14. The van der Waals surface area contributed by atoms with Crippen LogP contribution in [0.1, 0.15) is 31.7 Å². The van der Waals surface area contributed by atoms with E-state index in [1.165, 1.54) is 19.3 Å². The smallest absolute Gasteiger partial charge is 0.188 e. The van der Waals surface area contributed by atoms with Gasteiger partial charge in [0.15, 0.2) is 17.5 Å². The van der Waals surface area contributed by atoms with Crippen LogP contribution in [0.25, 0.3) is 0 Å². The van der Waals surface area contributed by atoms with Gasteiger partial charge in [-0.2, -0.15) is 0 Å². The molecule has 1 saturated carbocycles. The summed E-state index contributed by atoms with van der Waals surface area (Å²) >= 11 is 0. The Hall–Kier alpha value is -1.18. The Morgan fingerprint density at radius 2 is 1.95 bits per heavy atom. The highest BCUT2D eigenvalue weighted by Crippen LogP contribution is 2.47. The molecule has 0 atom stereocenters. The maximum atomic E-state index is 5.92. The molecule has 0 amide bonds. The number of hydrogen-bond acceptors (Lipinski definition) is 3. The molecule has 1 fully saturated rings. The molecule has 0 radical (unpaired) electrons. The minimum absolute atomic E-state index is 0. The normalized spacial score (nSPS) is 15.7. The molecule has 1 aliphatic rings. The molecular formula is C16H26IN3O2. The first-order valence-electron chi connectivity index (χ1n) is 7.37. The van der Waals surface area contributed by atoms with Gasteiger partial charge in [-0.05, 0) is 42.4 Å². The van der Waals surface area contributed by atoms with Crippen LogP contribution in [0.2, 0.25) is 0 Å². The highest BCUT2D eigenvalue weighted by molar-refractivity contribution is 14.0. The fraction of sp³-hybridized carbons (Fsp3) is 0.562. The Kier molecular flexibility index (Phi) is 7.25. The van der Waals surface area contributed by atoms with Crippen LogP contribution in [0.4, 0.5) is 0 Å². The van der Waals surface area contributed by atoms with Crippen molar-refractivity contribution in [2.24, 2.45) is 16.1 Å². The second-order valence-corrected chi connectivity index (χ2v) is 5.60. The molecule has 2 rings (SSSR count). The number of rotatable bonds is 7. The maximum absolute atomic E-state index is 5.92. The molecule has 3 N–H and O–H groups in total. The van der Waals surface area contributed by atoms with Crippen molar-refractivity contribution in [3.63, 3.8) is 0 Å². The third kappa shape index (κ3) is 4.93. The lowest BCUT2D eigenvalue weighted by Crippen LogP contribution is -2.36. The van der Waals surface area contributed by atoms with E-state index in [0.717, 1.165) is 17.9 Å². The molecule has 1 aromatic rings. The van der Waals surface area contributed by atoms with Gasteiger partial charge in [-0.25, -0.2) is 4.99 Å². The van der Waals surface area contributed by atoms with E-state index in [4.69, 9.17) is 15.2 Å². The van der Waals surface area contributed by atoms with E-state index in [9.17, 15) is 0 Å². The Morgan fingerprint density at radius 1 is 1.27 bits per heavy atom. The molecule has 0 saturated heterocycles. The molecule has 0 unspecified atom stereocenters. The van der Waals surface area contributed by atoms with Crippen LogP contribution in [0, 0.1) is 5.41 Å². The van der Waals surface area contributed by atoms with E-state index >= 15 is 0 Å². The highest BCUT2D eigenvalue weighted by Gasteiger charge is 2.40. The van der Waals surface area contributed by atoms with Gasteiger partial charge in [0.05, 0.1) is 20.8 Å². The Morgan fingerprint density at radius 3 is 2.50 bits per heavy atom. The summed E-state index contributed by atoms with van der Waals surface area (Å²) in [6, 6.07) is 5.76. The number of hydrogen-bond donors (Lipinski definition) is 2. The number of nitrogens with zero attached hydrogens (tertiary/aromatic N) is 1. The van der Waals surface area contributed by atoms with Gasteiger partial charge in [0.2, 0.25) is 0 Å². The second kappa shape index (κ2) is 8.45. The molecule has 5 nitrogen and oxygen atoms in total. The SMILES string of the molecule is CCC1(CNC(N)=NCc2ccc(OC)c(OC)c2)CC1.I. The fourth-order valence-corrected chi connectivity index (χ4v) is 2.32. The molecule has 1 aliphatic carbocycles. The monoisotopic (exact) mass is 419 g/mol. The summed E-state index contributed by atoms with van der Waals surface area (Å²) in [4.78, 5) is 4.38. The molecule has 22 heavy (non-hydrogen) atoms. The summed E-state index contributed by atoms with van der Waals surface area (Å²) in [5.74, 6) is 1.93. The Bertz CT molecular complexity index is 516. The van der Waals surface area contributed by atoms with E-state index in [2.05, 4.69) is 17.2 Å². The van der Waals surface area contributed by atoms with E-state index in [1.54, 1.807) is 14.2 Å². The quantitative estimate of drug-likeness (QED) is 0.405. The topological polar surface area (TPSA) is 68.9 Å². The average molecular weight is 419 g/mol. The number of nitrogens with two attached hydrogens (primary N) is 1. The molecule has 0 heterocycles. The third-order valence-corrected chi connectivity index (χ3v) is 4.23. The summed E-state index contributed by atoms with van der Waals surface area (Å²) in [6.07, 6.45) is 3.78. The van der Waals surface area contributed by atoms with E-state index in [-0.39, 0.29) is 24.0 Å². The van der Waals surface area contributed by atoms with Crippen LogP contribution in [-0.2, 0) is 6.54 Å². The third-order valence-electron chi connectivity index (χ3n) is 4.23. The summed E-state index contributed by atoms with van der Waals surface area (Å²) in [6.45, 7) is 3.68. The van der Waals surface area contributed by atoms with Crippen molar-refractivity contribution in [3.05, 3.63) is 23.8 Å². The van der Waals surface area contributed by atoms with E-state index in [0.29, 0.717) is 23.7 Å². The zero-order valence-electron chi connectivity index (χ0n) is 13.5. The maximum Gasteiger partial charge on any atom is 0.188 e. The first-order chi connectivity index (χ1) is 10.1. The number of halogens is 1. The number of methoxy groups -OCH3 is 2. The predicted octanol–water partition coefficient (Wildman–Crippen LogP) is 2.92. The molecular weight excluding hydrogens is 393 g/mol. The second-order valence-electron chi connectivity index (χ2n) is 5.60. The van der Waals surface area contributed by atoms with E-state index < -0.39 is 0 Å². The molecule has 124 valence electrons. The van der Waals surface area contributed by atoms with Crippen molar-refractivity contribution in [1.82, 2.24) is 5.32 Å². The average Bonchev–Trinajstić information content (AvgIpc) is 3.31. The zero-order chi connectivity index (χ0) is 15.3. The first kappa shape index (κ1) is 18.9. The van der Waals surface area contributed by atoms with Crippen molar-refractivity contribution in [2.75, 3.05) is 20.8 Å². The molecule has 0 spiro atoms. The minimum Gasteiger partial charge on any atom is -0.493 e. The summed E-state index contributed by atoms with van der Waals surface area (Å²) in [5, 5.41) is 3.23. The summed E-state index contributed by atoms with van der Waals surface area (Å²) in [5.41, 5.74) is 7.42. The standard InChI is InChI=1S/C16H25N3O2.HI/c1-4-16(7-8-16)11-19-15(17)18-10-12-5-6-13(20-2)14(9-12)21-3;/h5-6,9H,4,7-8,10-11H2,1-3H3,(H3,17,18,19);1H. The van der Waals surface area contributed by atoms with Crippen LogP contribution in [0.15, 0.2) is 23.2 Å². The molecule has 0 aliphatic heterocycles. The van der Waals surface area contributed by atoms with Crippen molar-refractivity contribution in [1.29, 1.82) is 0 Å². The van der Waals surface area contributed by atoms with Gasteiger partial charge in [-0.1, -0.05) is 13.0 Å². The predicted molar refractivity (Wildman–Crippen MR) is 100 cm³/mol. The Labute approximate surface area is 149 Å². The van der Waals surface area contributed by atoms with Gasteiger partial charge in [0.25, 0.3) is 0 Å². The largest absolute Gasteiger partial charge is 0.493 e. The minimum atomic E-state index is 0. The van der Waals surface area contributed by atoms with Crippen LogP contribution in [0.5, 0.6) is 11.5 Å². The van der Waals surface area contributed by atoms with Crippen LogP contribution < -0.4 is 20.5 Å². The first-order valence-corrected chi connectivity index (χ1v) is 7.37.